The van der Waals surface area contributed by atoms with Gasteiger partial charge < -0.3 is 10.2 Å². The van der Waals surface area contributed by atoms with Crippen molar-refractivity contribution in [2.45, 2.75) is 19.8 Å². The zero-order valence-electron chi connectivity index (χ0n) is 10.9. The third-order valence-electron chi connectivity index (χ3n) is 3.48. The summed E-state index contributed by atoms with van der Waals surface area (Å²) in [6.45, 7) is 6.43. The van der Waals surface area contributed by atoms with E-state index >= 15 is 0 Å². The maximum atomic E-state index is 8.90. The Morgan fingerprint density at radius 3 is 3.17 bits per heavy atom. The fourth-order valence-electron chi connectivity index (χ4n) is 2.49. The monoisotopic (exact) mass is 244 g/mol. The summed E-state index contributed by atoms with van der Waals surface area (Å²) in [4.78, 5) is 6.35. The molecule has 0 aromatic carbocycles. The van der Waals surface area contributed by atoms with Gasteiger partial charge in [-0.15, -0.1) is 0 Å². The van der Waals surface area contributed by atoms with E-state index in [1.54, 1.807) is 6.20 Å². The first-order valence-electron chi connectivity index (χ1n) is 6.65. The molecule has 0 radical (unpaired) electrons. The van der Waals surface area contributed by atoms with Gasteiger partial charge in [-0.1, -0.05) is 0 Å². The Kier molecular flexibility index (Phi) is 4.54. The maximum Gasteiger partial charge on any atom is 0.142 e. The molecule has 1 saturated heterocycles. The lowest BCUT2D eigenvalue weighted by Gasteiger charge is -2.30. The van der Waals surface area contributed by atoms with Gasteiger partial charge in [-0.05, 0) is 50.9 Å². The summed E-state index contributed by atoms with van der Waals surface area (Å²) in [6.07, 6.45) is 4.28. The first kappa shape index (κ1) is 12.8. The van der Waals surface area contributed by atoms with Gasteiger partial charge >= 0.3 is 0 Å². The van der Waals surface area contributed by atoms with Gasteiger partial charge in [0, 0.05) is 25.0 Å². The number of anilines is 1. The number of hydrogen-bond acceptors (Lipinski definition) is 4. The normalized spacial score (nSPS) is 19.2. The minimum absolute atomic E-state index is 0.493. The van der Waals surface area contributed by atoms with E-state index in [9.17, 15) is 0 Å². The van der Waals surface area contributed by atoms with Crippen LogP contribution in [0, 0.1) is 17.2 Å². The Morgan fingerprint density at radius 2 is 2.50 bits per heavy atom. The number of aromatic nitrogens is 1. The number of pyridine rings is 1. The summed E-state index contributed by atoms with van der Waals surface area (Å²) < 4.78 is 0. The summed E-state index contributed by atoms with van der Waals surface area (Å²) in [5, 5.41) is 12.3. The second-order valence-electron chi connectivity index (χ2n) is 4.76. The van der Waals surface area contributed by atoms with Crippen LogP contribution in [0.2, 0.25) is 0 Å². The molecule has 2 heterocycles. The molecule has 4 nitrogen and oxygen atoms in total. The number of nitrogens with one attached hydrogen (secondary N) is 1. The van der Waals surface area contributed by atoms with Crippen molar-refractivity contribution in [3.63, 3.8) is 0 Å². The zero-order chi connectivity index (χ0) is 12.8. The standard InChI is InChI=1S/C14H20N4/c1-2-18(11-12-4-3-6-16-10-12)14-5-7-17-13(8-14)9-15/h5,7-8,12,16H,2-4,6,10-11H2,1H3. The van der Waals surface area contributed by atoms with Crippen LogP contribution in [0.4, 0.5) is 5.69 Å². The van der Waals surface area contributed by atoms with E-state index in [0.717, 1.165) is 31.9 Å². The molecule has 1 N–H and O–H groups in total. The molecule has 1 aromatic heterocycles. The molecule has 0 bridgehead atoms. The highest BCUT2D eigenvalue weighted by atomic mass is 15.1. The van der Waals surface area contributed by atoms with Crippen LogP contribution in [0.1, 0.15) is 25.5 Å². The number of rotatable bonds is 4. The Hall–Kier alpha value is -1.60. The topological polar surface area (TPSA) is 52.0 Å². The van der Waals surface area contributed by atoms with Crippen molar-refractivity contribution in [1.29, 1.82) is 5.26 Å². The molecule has 0 amide bonds. The molecule has 96 valence electrons. The van der Waals surface area contributed by atoms with Crippen molar-refractivity contribution in [2.75, 3.05) is 31.1 Å². The molecule has 1 unspecified atom stereocenters. The minimum Gasteiger partial charge on any atom is -0.371 e. The second-order valence-corrected chi connectivity index (χ2v) is 4.76. The van der Waals surface area contributed by atoms with Gasteiger partial charge in [-0.3, -0.25) is 0 Å². The molecular formula is C14H20N4. The van der Waals surface area contributed by atoms with E-state index < -0.39 is 0 Å². The summed E-state index contributed by atoms with van der Waals surface area (Å²) in [5.74, 6) is 0.706. The fraction of sp³-hybridized carbons (Fsp3) is 0.571. The quantitative estimate of drug-likeness (QED) is 0.877. The molecule has 1 aromatic rings. The number of nitriles is 1. The maximum absolute atomic E-state index is 8.90. The van der Waals surface area contributed by atoms with Crippen molar-refractivity contribution < 1.29 is 0 Å². The first-order valence-corrected chi connectivity index (χ1v) is 6.65. The van der Waals surface area contributed by atoms with E-state index in [-0.39, 0.29) is 0 Å². The average Bonchev–Trinajstić information content (AvgIpc) is 2.46. The summed E-state index contributed by atoms with van der Waals surface area (Å²) in [7, 11) is 0. The number of piperidine rings is 1. The van der Waals surface area contributed by atoms with Gasteiger partial charge in [0.15, 0.2) is 0 Å². The minimum atomic E-state index is 0.493. The summed E-state index contributed by atoms with van der Waals surface area (Å²) in [5.41, 5.74) is 1.60. The zero-order valence-corrected chi connectivity index (χ0v) is 10.9. The Bertz CT molecular complexity index is 418. The van der Waals surface area contributed by atoms with Crippen LogP contribution in [0.15, 0.2) is 18.3 Å². The van der Waals surface area contributed by atoms with Crippen LogP contribution in [0.5, 0.6) is 0 Å². The lowest BCUT2D eigenvalue weighted by Crippen LogP contribution is -2.38. The van der Waals surface area contributed by atoms with Crippen LogP contribution < -0.4 is 10.2 Å². The Morgan fingerprint density at radius 1 is 1.61 bits per heavy atom. The van der Waals surface area contributed by atoms with Gasteiger partial charge in [-0.25, -0.2) is 4.98 Å². The molecule has 1 atom stereocenters. The van der Waals surface area contributed by atoms with Crippen molar-refractivity contribution in [1.82, 2.24) is 10.3 Å². The Labute approximate surface area is 109 Å². The predicted molar refractivity (Wildman–Crippen MR) is 72.4 cm³/mol. The lowest BCUT2D eigenvalue weighted by molar-refractivity contribution is 0.378. The van der Waals surface area contributed by atoms with Gasteiger partial charge in [0.25, 0.3) is 0 Å². The van der Waals surface area contributed by atoms with Gasteiger partial charge in [0.05, 0.1) is 0 Å². The van der Waals surface area contributed by atoms with E-state index in [2.05, 4.69) is 28.2 Å². The van der Waals surface area contributed by atoms with E-state index in [1.165, 1.54) is 12.8 Å². The molecule has 0 saturated carbocycles. The number of hydrogen-bond donors (Lipinski definition) is 1. The van der Waals surface area contributed by atoms with E-state index in [4.69, 9.17) is 5.26 Å². The van der Waals surface area contributed by atoms with Crippen LogP contribution >= 0.6 is 0 Å². The van der Waals surface area contributed by atoms with Crippen LogP contribution in [0.25, 0.3) is 0 Å². The Balaban J connectivity index is 2.05. The van der Waals surface area contributed by atoms with Crippen molar-refractivity contribution in [3.05, 3.63) is 24.0 Å². The van der Waals surface area contributed by atoms with E-state index in [1.807, 2.05) is 12.1 Å². The molecule has 1 fully saturated rings. The van der Waals surface area contributed by atoms with Crippen LogP contribution in [-0.2, 0) is 0 Å². The van der Waals surface area contributed by atoms with Crippen LogP contribution in [0.3, 0.4) is 0 Å². The van der Waals surface area contributed by atoms with Crippen molar-refractivity contribution in [2.24, 2.45) is 5.92 Å². The highest BCUT2D eigenvalue weighted by Crippen LogP contribution is 2.18. The average molecular weight is 244 g/mol. The smallest absolute Gasteiger partial charge is 0.142 e. The molecular weight excluding hydrogens is 224 g/mol. The summed E-state index contributed by atoms with van der Waals surface area (Å²) >= 11 is 0. The lowest BCUT2D eigenvalue weighted by atomic mass is 9.99. The van der Waals surface area contributed by atoms with E-state index in [0.29, 0.717) is 11.6 Å². The molecule has 2 rings (SSSR count). The van der Waals surface area contributed by atoms with Gasteiger partial charge in [0.2, 0.25) is 0 Å². The molecule has 18 heavy (non-hydrogen) atoms. The van der Waals surface area contributed by atoms with Crippen LogP contribution in [-0.4, -0.2) is 31.2 Å². The highest BCUT2D eigenvalue weighted by molar-refractivity contribution is 5.48. The highest BCUT2D eigenvalue weighted by Gasteiger charge is 2.16. The van der Waals surface area contributed by atoms with Crippen molar-refractivity contribution >= 4 is 5.69 Å². The number of nitrogens with zero attached hydrogens (tertiary/aromatic N) is 3. The fourth-order valence-corrected chi connectivity index (χ4v) is 2.49. The third kappa shape index (κ3) is 3.21. The molecule has 1 aliphatic rings. The molecule has 0 spiro atoms. The first-order chi connectivity index (χ1) is 8.83. The second kappa shape index (κ2) is 6.36. The molecule has 0 aliphatic carbocycles. The molecule has 1 aliphatic heterocycles. The summed E-state index contributed by atoms with van der Waals surface area (Å²) in [6, 6.07) is 5.96. The van der Waals surface area contributed by atoms with Gasteiger partial charge in [0.1, 0.15) is 11.8 Å². The molecule has 4 heteroatoms. The SMILES string of the molecule is CCN(CC1CCCNC1)c1ccnc(C#N)c1. The predicted octanol–water partition coefficient (Wildman–Crippen LogP) is 1.78. The van der Waals surface area contributed by atoms with Crippen molar-refractivity contribution in [3.8, 4) is 6.07 Å². The third-order valence-corrected chi connectivity index (χ3v) is 3.48. The largest absolute Gasteiger partial charge is 0.371 e. The van der Waals surface area contributed by atoms with Gasteiger partial charge in [-0.2, -0.15) is 5.26 Å².